The molecule has 30 heavy (non-hydrogen) atoms. The molecule has 0 radical (unpaired) electrons. The molecule has 7 heteroatoms. The summed E-state index contributed by atoms with van der Waals surface area (Å²) in [5.74, 6) is 0. The summed E-state index contributed by atoms with van der Waals surface area (Å²) in [4.78, 5) is 23.5. The van der Waals surface area contributed by atoms with E-state index in [0.717, 1.165) is 30.7 Å². The van der Waals surface area contributed by atoms with Gasteiger partial charge in [0, 0.05) is 62.1 Å². The van der Waals surface area contributed by atoms with Crippen LogP contribution in [0.1, 0.15) is 34.6 Å². The summed E-state index contributed by atoms with van der Waals surface area (Å²) in [6, 6.07) is 10.0. The van der Waals surface area contributed by atoms with Gasteiger partial charge in [-0.25, -0.2) is 4.79 Å². The van der Waals surface area contributed by atoms with E-state index in [1.165, 1.54) is 0 Å². The number of piperazine rings is 2. The summed E-state index contributed by atoms with van der Waals surface area (Å²) in [6.07, 6.45) is -0.104. The van der Waals surface area contributed by atoms with Crippen LogP contribution in [0.15, 0.2) is 30.4 Å². The van der Waals surface area contributed by atoms with Crippen LogP contribution in [0.4, 0.5) is 10.5 Å². The summed E-state index contributed by atoms with van der Waals surface area (Å²) in [7, 11) is 0. The molecule has 0 spiro atoms. The van der Waals surface area contributed by atoms with Crippen LogP contribution in [0.25, 0.3) is 10.9 Å². The number of pyridine rings is 1. The Hall–Kier alpha value is -2.85. The van der Waals surface area contributed by atoms with Crippen molar-refractivity contribution in [3.63, 3.8) is 0 Å². The summed E-state index contributed by atoms with van der Waals surface area (Å²) in [6.45, 7) is 11.6. The van der Waals surface area contributed by atoms with Gasteiger partial charge in [-0.05, 0) is 52.0 Å². The average Bonchev–Trinajstić information content (AvgIpc) is 2.71. The molecular weight excluding hydrogens is 378 g/mol. The topological polar surface area (TPSA) is 72.7 Å². The van der Waals surface area contributed by atoms with Gasteiger partial charge in [-0.3, -0.25) is 9.88 Å². The Kier molecular flexibility index (Phi) is 4.95. The number of aromatic nitrogens is 1. The Morgan fingerprint density at radius 3 is 2.80 bits per heavy atom. The quantitative estimate of drug-likeness (QED) is 0.721. The number of nitriles is 1. The number of hydrogen-bond donors (Lipinski definition) is 0. The molecule has 1 aromatic heterocycles. The van der Waals surface area contributed by atoms with Gasteiger partial charge in [-0.1, -0.05) is 0 Å². The molecule has 2 atom stereocenters. The molecule has 0 bridgehead atoms. The fraction of sp³-hybridized carbons (Fsp3) is 0.522. The number of carbonyl (C=O) groups excluding carboxylic acids is 1. The van der Waals surface area contributed by atoms with Gasteiger partial charge in [0.2, 0.25) is 0 Å². The molecule has 4 rings (SSSR count). The molecule has 0 unspecified atom stereocenters. The molecule has 2 aliphatic heterocycles. The molecule has 3 heterocycles. The van der Waals surface area contributed by atoms with Gasteiger partial charge in [0.05, 0.1) is 12.5 Å². The van der Waals surface area contributed by atoms with Gasteiger partial charge in [-0.15, -0.1) is 0 Å². The van der Waals surface area contributed by atoms with Gasteiger partial charge in [0.25, 0.3) is 0 Å². The number of ether oxygens (including phenoxy) is 1. The van der Waals surface area contributed by atoms with E-state index < -0.39 is 5.60 Å². The molecule has 0 N–H and O–H groups in total. The van der Waals surface area contributed by atoms with E-state index in [2.05, 4.69) is 27.8 Å². The van der Waals surface area contributed by atoms with Crippen molar-refractivity contribution in [2.75, 3.05) is 37.6 Å². The third kappa shape index (κ3) is 3.92. The molecule has 1 aromatic carbocycles. The summed E-state index contributed by atoms with van der Waals surface area (Å²) < 4.78 is 13.4. The maximum Gasteiger partial charge on any atom is 0.410 e. The maximum atomic E-state index is 12.6. The van der Waals surface area contributed by atoms with E-state index in [1.54, 1.807) is 12.1 Å². The minimum absolute atomic E-state index is 0.152. The standard InChI is InChI=1S/C23H29N5O2/c1-16-13-27(20-8-7-17(12-24)21-19(20)6-5-9-25-21)15-18-14-26(10-11-28(16)18)22(29)30-23(2,3)4/h5-9,16,18H,10-11,13-15H2,1-4H3/t16-,18+/m1/s1/i9D. The molecule has 2 saturated heterocycles. The van der Waals surface area contributed by atoms with Crippen LogP contribution >= 0.6 is 0 Å². The highest BCUT2D eigenvalue weighted by Gasteiger charge is 2.38. The Morgan fingerprint density at radius 1 is 1.27 bits per heavy atom. The number of amides is 1. The zero-order chi connectivity index (χ0) is 22.3. The second-order valence-corrected chi connectivity index (χ2v) is 9.15. The van der Waals surface area contributed by atoms with Crippen LogP contribution in [0.5, 0.6) is 0 Å². The van der Waals surface area contributed by atoms with E-state index in [0.29, 0.717) is 30.2 Å². The van der Waals surface area contributed by atoms with E-state index in [-0.39, 0.29) is 18.3 Å². The summed E-state index contributed by atoms with van der Waals surface area (Å²) in [5.41, 5.74) is 1.56. The number of rotatable bonds is 1. The van der Waals surface area contributed by atoms with Crippen LogP contribution in [-0.4, -0.2) is 71.3 Å². The van der Waals surface area contributed by atoms with Crippen molar-refractivity contribution in [3.8, 4) is 6.07 Å². The third-order valence-corrected chi connectivity index (χ3v) is 5.82. The van der Waals surface area contributed by atoms with E-state index >= 15 is 0 Å². The lowest BCUT2D eigenvalue weighted by Gasteiger charge is -2.51. The first-order chi connectivity index (χ1) is 14.7. The number of hydrogen-bond acceptors (Lipinski definition) is 6. The predicted octanol–water partition coefficient (Wildman–Crippen LogP) is 3.24. The second-order valence-electron chi connectivity index (χ2n) is 9.15. The summed E-state index contributed by atoms with van der Waals surface area (Å²) in [5, 5.41) is 10.3. The molecule has 1 amide bonds. The third-order valence-electron chi connectivity index (χ3n) is 5.82. The highest BCUT2D eigenvalue weighted by Crippen LogP contribution is 2.32. The van der Waals surface area contributed by atoms with Crippen LogP contribution < -0.4 is 4.90 Å². The SMILES string of the molecule is [2H]c1ccc2c(N3C[C@@H]4CN(C(=O)OC(C)(C)C)CCN4[C@H](C)C3)ccc(C#N)c2n1. The number of anilines is 1. The Balaban J connectivity index is 1.60. The highest BCUT2D eigenvalue weighted by molar-refractivity contribution is 5.95. The normalized spacial score (nSPS) is 23.0. The first-order valence-electron chi connectivity index (χ1n) is 11.0. The van der Waals surface area contributed by atoms with E-state index in [9.17, 15) is 10.1 Å². The number of carbonyl (C=O) groups is 1. The van der Waals surface area contributed by atoms with Crippen LogP contribution in [0, 0.1) is 11.3 Å². The van der Waals surface area contributed by atoms with Crippen LogP contribution in [-0.2, 0) is 4.74 Å². The van der Waals surface area contributed by atoms with Crippen LogP contribution in [0.2, 0.25) is 0 Å². The number of benzene rings is 1. The molecule has 2 aliphatic rings. The Labute approximate surface area is 179 Å². The van der Waals surface area contributed by atoms with Gasteiger partial charge < -0.3 is 14.5 Å². The van der Waals surface area contributed by atoms with Gasteiger partial charge in [0.15, 0.2) is 0 Å². The average molecular weight is 409 g/mol. The Morgan fingerprint density at radius 2 is 2.07 bits per heavy atom. The first kappa shape index (κ1) is 19.1. The lowest BCUT2D eigenvalue weighted by atomic mass is 10.0. The van der Waals surface area contributed by atoms with Crippen LogP contribution in [0.3, 0.4) is 0 Å². The molecule has 2 fully saturated rings. The fourth-order valence-corrected chi connectivity index (χ4v) is 4.52. The maximum absolute atomic E-state index is 12.6. The van der Waals surface area contributed by atoms with Crippen molar-refractivity contribution in [1.29, 1.82) is 5.26 Å². The Bertz CT molecular complexity index is 1040. The van der Waals surface area contributed by atoms with Crippen molar-refractivity contribution in [2.24, 2.45) is 0 Å². The second kappa shape index (κ2) is 7.77. The summed E-state index contributed by atoms with van der Waals surface area (Å²) >= 11 is 0. The minimum atomic E-state index is -0.509. The van der Waals surface area contributed by atoms with Crippen molar-refractivity contribution in [1.82, 2.24) is 14.8 Å². The van der Waals surface area contributed by atoms with Gasteiger partial charge >= 0.3 is 6.09 Å². The molecule has 7 nitrogen and oxygen atoms in total. The molecular formula is C23H29N5O2. The molecule has 2 aromatic rings. The monoisotopic (exact) mass is 408 g/mol. The molecule has 0 aliphatic carbocycles. The zero-order valence-corrected chi connectivity index (χ0v) is 18.1. The predicted molar refractivity (Wildman–Crippen MR) is 116 cm³/mol. The van der Waals surface area contributed by atoms with Crippen molar-refractivity contribution < 1.29 is 10.9 Å². The smallest absolute Gasteiger partial charge is 0.410 e. The lowest BCUT2D eigenvalue weighted by molar-refractivity contribution is -0.00654. The molecule has 158 valence electrons. The van der Waals surface area contributed by atoms with Gasteiger partial charge in [-0.2, -0.15) is 5.26 Å². The lowest BCUT2D eigenvalue weighted by Crippen LogP contribution is -2.66. The molecule has 0 saturated carbocycles. The van der Waals surface area contributed by atoms with E-state index in [1.807, 2.05) is 37.8 Å². The number of nitrogens with zero attached hydrogens (tertiary/aromatic N) is 5. The highest BCUT2D eigenvalue weighted by atomic mass is 16.6. The first-order valence-corrected chi connectivity index (χ1v) is 10.5. The number of fused-ring (bicyclic) bond motifs is 2. The van der Waals surface area contributed by atoms with Gasteiger partial charge in [0.1, 0.15) is 11.7 Å². The van der Waals surface area contributed by atoms with Crippen molar-refractivity contribution >= 4 is 22.7 Å². The zero-order valence-electron chi connectivity index (χ0n) is 19.1. The van der Waals surface area contributed by atoms with E-state index in [4.69, 9.17) is 6.11 Å². The van der Waals surface area contributed by atoms with Crippen molar-refractivity contribution in [3.05, 3.63) is 36.0 Å². The minimum Gasteiger partial charge on any atom is -0.444 e. The largest absolute Gasteiger partial charge is 0.444 e. The van der Waals surface area contributed by atoms with Crippen molar-refractivity contribution in [2.45, 2.75) is 45.4 Å². The fourth-order valence-electron chi connectivity index (χ4n) is 4.52.